The van der Waals surface area contributed by atoms with Gasteiger partial charge in [-0.05, 0) is 47.7 Å². The van der Waals surface area contributed by atoms with Crippen molar-refractivity contribution >= 4 is 29.2 Å². The van der Waals surface area contributed by atoms with Gasteiger partial charge in [0.1, 0.15) is 0 Å². The number of carbonyl (C=O) groups excluding carboxylic acids is 1. The molecule has 25 heavy (non-hydrogen) atoms. The van der Waals surface area contributed by atoms with Crippen LogP contribution in [0.2, 0.25) is 10.0 Å². The number of halogens is 2. The summed E-state index contributed by atoms with van der Waals surface area (Å²) in [5.41, 5.74) is 2.05. The summed E-state index contributed by atoms with van der Waals surface area (Å²) in [6.45, 7) is 4.88. The van der Waals surface area contributed by atoms with E-state index in [1.165, 1.54) is 0 Å². The van der Waals surface area contributed by atoms with Crippen LogP contribution in [-0.2, 0) is 13.1 Å². The molecule has 1 aliphatic rings. The number of likely N-dealkylation sites (tertiary alicyclic amines) is 1. The molecule has 3 nitrogen and oxygen atoms in total. The Morgan fingerprint density at radius 3 is 2.08 bits per heavy atom. The molecule has 0 aliphatic carbocycles. The van der Waals surface area contributed by atoms with Crippen molar-refractivity contribution in [2.24, 2.45) is 5.92 Å². The Labute approximate surface area is 159 Å². The molecule has 0 N–H and O–H groups in total. The lowest BCUT2D eigenvalue weighted by Crippen LogP contribution is -2.41. The number of hydrogen-bond acceptors (Lipinski definition) is 1. The van der Waals surface area contributed by atoms with Gasteiger partial charge in [-0.25, -0.2) is 4.79 Å². The second kappa shape index (κ2) is 8.11. The largest absolute Gasteiger partial charge is 0.324 e. The Morgan fingerprint density at radius 1 is 1.08 bits per heavy atom. The van der Waals surface area contributed by atoms with Gasteiger partial charge < -0.3 is 9.80 Å². The maximum atomic E-state index is 13.1. The molecule has 1 heterocycles. The predicted molar refractivity (Wildman–Crippen MR) is 103 cm³/mol. The van der Waals surface area contributed by atoms with Crippen molar-refractivity contribution in [2.45, 2.75) is 26.4 Å². The van der Waals surface area contributed by atoms with E-state index in [1.54, 1.807) is 0 Å². The molecule has 0 radical (unpaired) electrons. The molecule has 1 saturated heterocycles. The monoisotopic (exact) mass is 376 g/mol. The van der Waals surface area contributed by atoms with Crippen molar-refractivity contribution in [1.82, 2.24) is 9.80 Å². The molecule has 2 aromatic rings. The van der Waals surface area contributed by atoms with E-state index < -0.39 is 0 Å². The Balaban J connectivity index is 1.81. The van der Waals surface area contributed by atoms with Crippen LogP contribution in [0.4, 0.5) is 4.79 Å². The molecule has 1 atom stereocenters. The molecule has 0 spiro atoms. The third-order valence-corrected chi connectivity index (χ3v) is 4.96. The molecule has 0 bridgehead atoms. The number of benzene rings is 2. The molecular formula is C20H22Cl2N2O. The molecule has 3 rings (SSSR count). The Kier molecular flexibility index (Phi) is 5.87. The summed E-state index contributed by atoms with van der Waals surface area (Å²) in [4.78, 5) is 16.9. The first kappa shape index (κ1) is 18.1. The standard InChI is InChI=1S/C20H22Cl2N2O/c1-15-8-9-23(12-15)20(25)24(13-16-4-2-6-18(21)10-16)14-17-5-3-7-19(22)11-17/h2-7,10-11,15H,8-9,12-14H2,1H3. The smallest absolute Gasteiger partial charge is 0.320 e. The zero-order valence-electron chi connectivity index (χ0n) is 14.3. The van der Waals surface area contributed by atoms with E-state index in [0.29, 0.717) is 29.1 Å². The molecule has 132 valence electrons. The first-order valence-corrected chi connectivity index (χ1v) is 9.29. The van der Waals surface area contributed by atoms with Gasteiger partial charge in [0.15, 0.2) is 0 Å². The number of hydrogen-bond donors (Lipinski definition) is 0. The van der Waals surface area contributed by atoms with E-state index in [0.717, 1.165) is 30.6 Å². The van der Waals surface area contributed by atoms with Crippen LogP contribution >= 0.6 is 23.2 Å². The van der Waals surface area contributed by atoms with Crippen LogP contribution < -0.4 is 0 Å². The predicted octanol–water partition coefficient (Wildman–Crippen LogP) is 5.46. The Hall–Kier alpha value is -1.71. The number of rotatable bonds is 4. The van der Waals surface area contributed by atoms with E-state index >= 15 is 0 Å². The fourth-order valence-electron chi connectivity index (χ4n) is 3.21. The van der Waals surface area contributed by atoms with Crippen molar-refractivity contribution in [3.05, 3.63) is 69.7 Å². The SMILES string of the molecule is CC1CCN(C(=O)N(Cc2cccc(Cl)c2)Cc2cccc(Cl)c2)C1. The summed E-state index contributed by atoms with van der Waals surface area (Å²) in [7, 11) is 0. The number of nitrogens with zero attached hydrogens (tertiary/aromatic N) is 2. The molecular weight excluding hydrogens is 355 g/mol. The Bertz CT molecular complexity index is 702. The highest BCUT2D eigenvalue weighted by Gasteiger charge is 2.27. The van der Waals surface area contributed by atoms with Crippen molar-refractivity contribution in [3.63, 3.8) is 0 Å². The maximum absolute atomic E-state index is 13.1. The van der Waals surface area contributed by atoms with E-state index in [-0.39, 0.29) is 6.03 Å². The first-order chi connectivity index (χ1) is 12.0. The normalized spacial score (nSPS) is 16.9. The van der Waals surface area contributed by atoms with Gasteiger partial charge in [0, 0.05) is 36.2 Å². The minimum Gasteiger partial charge on any atom is -0.324 e. The highest BCUT2D eigenvalue weighted by atomic mass is 35.5. The average Bonchev–Trinajstić information content (AvgIpc) is 3.00. The van der Waals surface area contributed by atoms with Crippen molar-refractivity contribution in [1.29, 1.82) is 0 Å². The summed E-state index contributed by atoms with van der Waals surface area (Å²) in [6, 6.07) is 15.4. The lowest BCUT2D eigenvalue weighted by molar-refractivity contribution is 0.155. The van der Waals surface area contributed by atoms with Gasteiger partial charge in [-0.15, -0.1) is 0 Å². The second-order valence-corrected chi connectivity index (χ2v) is 7.61. The van der Waals surface area contributed by atoms with Gasteiger partial charge in [-0.3, -0.25) is 0 Å². The van der Waals surface area contributed by atoms with Gasteiger partial charge in [0.05, 0.1) is 0 Å². The van der Waals surface area contributed by atoms with Crippen molar-refractivity contribution in [3.8, 4) is 0 Å². The third kappa shape index (κ3) is 4.90. The zero-order valence-corrected chi connectivity index (χ0v) is 15.8. The van der Waals surface area contributed by atoms with Gasteiger partial charge >= 0.3 is 6.03 Å². The lowest BCUT2D eigenvalue weighted by atomic mass is 10.1. The summed E-state index contributed by atoms with van der Waals surface area (Å²) in [6.07, 6.45) is 1.06. The number of urea groups is 1. The van der Waals surface area contributed by atoms with Crippen molar-refractivity contribution < 1.29 is 4.79 Å². The average molecular weight is 377 g/mol. The van der Waals surface area contributed by atoms with Crippen LogP contribution in [0.3, 0.4) is 0 Å². The molecule has 0 aromatic heterocycles. The maximum Gasteiger partial charge on any atom is 0.320 e. The molecule has 1 unspecified atom stereocenters. The zero-order chi connectivity index (χ0) is 17.8. The van der Waals surface area contributed by atoms with Gasteiger partial charge in [-0.2, -0.15) is 0 Å². The molecule has 1 fully saturated rings. The van der Waals surface area contributed by atoms with E-state index in [4.69, 9.17) is 23.2 Å². The minimum atomic E-state index is 0.0734. The van der Waals surface area contributed by atoms with E-state index in [1.807, 2.05) is 58.3 Å². The fourth-order valence-corrected chi connectivity index (χ4v) is 3.64. The summed E-state index contributed by atoms with van der Waals surface area (Å²) < 4.78 is 0. The molecule has 2 aromatic carbocycles. The van der Waals surface area contributed by atoms with E-state index in [9.17, 15) is 4.79 Å². The minimum absolute atomic E-state index is 0.0734. The third-order valence-electron chi connectivity index (χ3n) is 4.49. The van der Waals surface area contributed by atoms with Crippen LogP contribution in [-0.4, -0.2) is 28.9 Å². The van der Waals surface area contributed by atoms with Crippen LogP contribution in [0.25, 0.3) is 0 Å². The molecule has 2 amide bonds. The fraction of sp³-hybridized carbons (Fsp3) is 0.350. The summed E-state index contributed by atoms with van der Waals surface area (Å²) in [5.74, 6) is 0.558. The summed E-state index contributed by atoms with van der Waals surface area (Å²) >= 11 is 12.2. The number of carbonyl (C=O) groups is 1. The molecule has 5 heteroatoms. The number of amides is 2. The Morgan fingerprint density at radius 2 is 1.64 bits per heavy atom. The van der Waals surface area contributed by atoms with Gasteiger partial charge in [0.25, 0.3) is 0 Å². The quantitative estimate of drug-likeness (QED) is 0.694. The van der Waals surface area contributed by atoms with Crippen molar-refractivity contribution in [2.75, 3.05) is 13.1 Å². The van der Waals surface area contributed by atoms with Crippen LogP contribution in [0, 0.1) is 5.92 Å². The van der Waals surface area contributed by atoms with Gasteiger partial charge in [0.2, 0.25) is 0 Å². The van der Waals surface area contributed by atoms with Crippen LogP contribution in [0.1, 0.15) is 24.5 Å². The van der Waals surface area contributed by atoms with Crippen LogP contribution in [0.5, 0.6) is 0 Å². The van der Waals surface area contributed by atoms with E-state index in [2.05, 4.69) is 6.92 Å². The van der Waals surface area contributed by atoms with Gasteiger partial charge in [-0.1, -0.05) is 54.4 Å². The second-order valence-electron chi connectivity index (χ2n) is 6.74. The first-order valence-electron chi connectivity index (χ1n) is 8.54. The highest BCUT2D eigenvalue weighted by molar-refractivity contribution is 6.30. The highest BCUT2D eigenvalue weighted by Crippen LogP contribution is 2.21. The van der Waals surface area contributed by atoms with Crippen LogP contribution in [0.15, 0.2) is 48.5 Å². The lowest BCUT2D eigenvalue weighted by Gasteiger charge is -2.28. The summed E-state index contributed by atoms with van der Waals surface area (Å²) in [5, 5.41) is 1.37. The molecule has 1 aliphatic heterocycles. The molecule has 0 saturated carbocycles. The topological polar surface area (TPSA) is 23.6 Å².